The number of rotatable bonds is 6. The number of fused-ring (bicyclic) bond motifs is 2. The first kappa shape index (κ1) is 20.2. The van der Waals surface area contributed by atoms with Crippen molar-refractivity contribution in [2.75, 3.05) is 0 Å². The summed E-state index contributed by atoms with van der Waals surface area (Å²) >= 11 is 0. The van der Waals surface area contributed by atoms with Crippen molar-refractivity contribution in [3.8, 4) is 0 Å². The molecule has 29 heavy (non-hydrogen) atoms. The van der Waals surface area contributed by atoms with Gasteiger partial charge in [-0.25, -0.2) is 0 Å². The van der Waals surface area contributed by atoms with Crippen LogP contribution in [0.25, 0.3) is 11.1 Å². The third-order valence-corrected chi connectivity index (χ3v) is 7.54. The van der Waals surface area contributed by atoms with E-state index in [1.54, 1.807) is 22.3 Å². The van der Waals surface area contributed by atoms with Gasteiger partial charge in [-0.2, -0.15) is 0 Å². The molecule has 2 aliphatic rings. The van der Waals surface area contributed by atoms with Gasteiger partial charge in [-0.05, 0) is 65.5 Å². The molecule has 2 aromatic rings. The minimum atomic E-state index is 0.136. The van der Waals surface area contributed by atoms with Crippen molar-refractivity contribution in [1.29, 1.82) is 0 Å². The van der Waals surface area contributed by atoms with Gasteiger partial charge in [0.25, 0.3) is 0 Å². The van der Waals surface area contributed by atoms with Gasteiger partial charge in [0, 0.05) is 11.8 Å². The SMILES string of the molecule is CCCC1=C(C)c2ccccc2C1C(C)(C)C1C(CCC)=C(C)c2ccccc21. The van der Waals surface area contributed by atoms with Gasteiger partial charge in [0.05, 0.1) is 0 Å². The molecule has 0 spiro atoms. The van der Waals surface area contributed by atoms with Gasteiger partial charge in [0.2, 0.25) is 0 Å². The summed E-state index contributed by atoms with van der Waals surface area (Å²) in [6, 6.07) is 18.4. The summed E-state index contributed by atoms with van der Waals surface area (Å²) in [6.45, 7) is 14.4. The molecule has 2 aliphatic carbocycles. The molecule has 4 rings (SSSR count). The summed E-state index contributed by atoms with van der Waals surface area (Å²) in [5.41, 5.74) is 12.6. The van der Waals surface area contributed by atoms with Crippen molar-refractivity contribution in [3.05, 3.63) is 81.9 Å². The molecular formula is C29H36. The van der Waals surface area contributed by atoms with Crippen LogP contribution in [0.3, 0.4) is 0 Å². The Bertz CT molecular complexity index is 903. The summed E-state index contributed by atoms with van der Waals surface area (Å²) in [4.78, 5) is 0. The van der Waals surface area contributed by atoms with E-state index in [2.05, 4.69) is 90.1 Å². The Morgan fingerprint density at radius 1 is 0.655 bits per heavy atom. The van der Waals surface area contributed by atoms with Crippen LogP contribution in [0.4, 0.5) is 0 Å². The van der Waals surface area contributed by atoms with Gasteiger partial charge in [-0.1, -0.05) is 100 Å². The van der Waals surface area contributed by atoms with Crippen LogP contribution in [0.1, 0.15) is 101 Å². The normalized spacial score (nSPS) is 21.0. The van der Waals surface area contributed by atoms with Gasteiger partial charge < -0.3 is 0 Å². The van der Waals surface area contributed by atoms with Crippen LogP contribution in [0, 0.1) is 5.41 Å². The summed E-state index contributed by atoms with van der Waals surface area (Å²) < 4.78 is 0. The molecule has 0 radical (unpaired) electrons. The molecule has 2 unspecified atom stereocenters. The Kier molecular flexibility index (Phi) is 5.32. The smallest absolute Gasteiger partial charge is 0.0120 e. The van der Waals surface area contributed by atoms with Gasteiger partial charge >= 0.3 is 0 Å². The van der Waals surface area contributed by atoms with Crippen molar-refractivity contribution in [3.63, 3.8) is 0 Å². The number of allylic oxidation sites excluding steroid dienone is 4. The largest absolute Gasteiger partial charge is 0.0651 e. The highest BCUT2D eigenvalue weighted by Gasteiger charge is 2.47. The van der Waals surface area contributed by atoms with Crippen LogP contribution in [0.5, 0.6) is 0 Å². The molecule has 0 bridgehead atoms. The van der Waals surface area contributed by atoms with E-state index in [-0.39, 0.29) is 5.41 Å². The first-order chi connectivity index (χ1) is 13.9. The maximum Gasteiger partial charge on any atom is 0.0120 e. The maximum atomic E-state index is 2.54. The molecule has 0 saturated carbocycles. The lowest BCUT2D eigenvalue weighted by molar-refractivity contribution is 0.267. The van der Waals surface area contributed by atoms with Crippen molar-refractivity contribution in [2.45, 2.75) is 79.1 Å². The average Bonchev–Trinajstić information content (AvgIpc) is 3.16. The monoisotopic (exact) mass is 384 g/mol. The minimum Gasteiger partial charge on any atom is -0.0651 e. The molecule has 2 atom stereocenters. The topological polar surface area (TPSA) is 0 Å². The second-order valence-corrected chi connectivity index (χ2v) is 9.66. The van der Waals surface area contributed by atoms with Gasteiger partial charge in [0.1, 0.15) is 0 Å². The van der Waals surface area contributed by atoms with Crippen molar-refractivity contribution < 1.29 is 0 Å². The first-order valence-corrected chi connectivity index (χ1v) is 11.5. The fourth-order valence-electron chi connectivity index (χ4n) is 6.40. The molecule has 0 amide bonds. The Morgan fingerprint density at radius 3 is 1.41 bits per heavy atom. The van der Waals surface area contributed by atoms with E-state index in [0.717, 1.165) is 0 Å². The molecule has 0 fully saturated rings. The molecule has 0 aliphatic heterocycles. The Balaban J connectivity index is 1.90. The quantitative estimate of drug-likeness (QED) is 0.467. The zero-order chi connectivity index (χ0) is 20.8. The molecular weight excluding hydrogens is 348 g/mol. The van der Waals surface area contributed by atoms with E-state index in [1.165, 1.54) is 48.0 Å². The lowest BCUT2D eigenvalue weighted by Gasteiger charge is -2.42. The predicted octanol–water partition coefficient (Wildman–Crippen LogP) is 8.75. The maximum absolute atomic E-state index is 2.54. The lowest BCUT2D eigenvalue weighted by atomic mass is 9.61. The first-order valence-electron chi connectivity index (χ1n) is 11.5. The standard InChI is InChI=1S/C29H36/c1-7-13-23-19(3)21-15-9-11-17-25(21)27(23)29(5,6)28-24(14-8-2)20(4)22-16-10-12-18-26(22)28/h9-12,15-18,27-28H,7-8,13-14H2,1-6H3. The van der Waals surface area contributed by atoms with Crippen LogP contribution in [0.2, 0.25) is 0 Å². The molecule has 2 aromatic carbocycles. The number of benzene rings is 2. The van der Waals surface area contributed by atoms with E-state index in [9.17, 15) is 0 Å². The summed E-state index contributed by atoms with van der Waals surface area (Å²) in [7, 11) is 0. The van der Waals surface area contributed by atoms with Gasteiger partial charge in [-0.15, -0.1) is 0 Å². The molecule has 0 saturated heterocycles. The van der Waals surface area contributed by atoms with E-state index >= 15 is 0 Å². The zero-order valence-corrected chi connectivity index (χ0v) is 19.1. The van der Waals surface area contributed by atoms with Crippen molar-refractivity contribution in [1.82, 2.24) is 0 Å². The predicted molar refractivity (Wildman–Crippen MR) is 127 cm³/mol. The highest BCUT2D eigenvalue weighted by atomic mass is 14.5. The van der Waals surface area contributed by atoms with E-state index < -0.39 is 0 Å². The number of hydrogen-bond acceptors (Lipinski definition) is 0. The molecule has 0 aromatic heterocycles. The van der Waals surface area contributed by atoms with Crippen LogP contribution in [-0.4, -0.2) is 0 Å². The molecule has 152 valence electrons. The van der Waals surface area contributed by atoms with E-state index in [1.807, 2.05) is 0 Å². The number of hydrogen-bond donors (Lipinski definition) is 0. The van der Waals surface area contributed by atoms with Crippen LogP contribution >= 0.6 is 0 Å². The van der Waals surface area contributed by atoms with Crippen molar-refractivity contribution >= 4 is 11.1 Å². The van der Waals surface area contributed by atoms with Crippen molar-refractivity contribution in [2.24, 2.45) is 5.41 Å². The van der Waals surface area contributed by atoms with Crippen LogP contribution in [0.15, 0.2) is 59.7 Å². The second kappa shape index (κ2) is 7.63. The lowest BCUT2D eigenvalue weighted by Crippen LogP contribution is -2.30. The minimum absolute atomic E-state index is 0.136. The third kappa shape index (κ3) is 3.03. The summed E-state index contributed by atoms with van der Waals surface area (Å²) in [5, 5.41) is 0. The highest BCUT2D eigenvalue weighted by Crippen LogP contribution is 2.62. The molecule has 0 heteroatoms. The fourth-order valence-corrected chi connectivity index (χ4v) is 6.40. The third-order valence-electron chi connectivity index (χ3n) is 7.54. The van der Waals surface area contributed by atoms with Crippen LogP contribution in [-0.2, 0) is 0 Å². The zero-order valence-electron chi connectivity index (χ0n) is 19.1. The van der Waals surface area contributed by atoms with E-state index in [0.29, 0.717) is 11.8 Å². The molecule has 0 heterocycles. The summed E-state index contributed by atoms with van der Waals surface area (Å²) in [6.07, 6.45) is 4.83. The highest BCUT2D eigenvalue weighted by molar-refractivity contribution is 5.80. The van der Waals surface area contributed by atoms with Crippen LogP contribution < -0.4 is 0 Å². The van der Waals surface area contributed by atoms with E-state index in [4.69, 9.17) is 0 Å². The molecule has 0 nitrogen and oxygen atoms in total. The van der Waals surface area contributed by atoms with Gasteiger partial charge in [-0.3, -0.25) is 0 Å². The van der Waals surface area contributed by atoms with Gasteiger partial charge in [0.15, 0.2) is 0 Å². The Hall–Kier alpha value is -2.08. The Labute approximate surface area is 177 Å². The summed E-state index contributed by atoms with van der Waals surface area (Å²) in [5.74, 6) is 0.990. The average molecular weight is 385 g/mol. The fraction of sp³-hybridized carbons (Fsp3) is 0.448. The second-order valence-electron chi connectivity index (χ2n) is 9.66. The Morgan fingerprint density at radius 2 is 1.03 bits per heavy atom. The molecule has 0 N–H and O–H groups in total.